The minimum Gasteiger partial charge on any atom is -0.459 e. The van der Waals surface area contributed by atoms with Gasteiger partial charge in [0, 0.05) is 11.0 Å². The Kier molecular flexibility index (Phi) is 7.46. The van der Waals surface area contributed by atoms with Gasteiger partial charge in [0.15, 0.2) is 0 Å². The maximum Gasteiger partial charge on any atom is 0.243 e. The van der Waals surface area contributed by atoms with Gasteiger partial charge in [0.2, 0.25) is 10.0 Å². The van der Waals surface area contributed by atoms with Crippen LogP contribution in [0.4, 0.5) is 5.69 Å². The van der Waals surface area contributed by atoms with Gasteiger partial charge in [-0.05, 0) is 61.9 Å². The number of hydrogen-bond donors (Lipinski definition) is 0. The van der Waals surface area contributed by atoms with Gasteiger partial charge in [-0.25, -0.2) is 8.42 Å². The van der Waals surface area contributed by atoms with E-state index in [0.717, 1.165) is 26.9 Å². The lowest BCUT2D eigenvalue weighted by Gasteiger charge is -2.21. The SMILES string of the molecule is Cc1ccc(CN(Cc2ccc(C=Nc3cccc(Br)c3)o2)S(=O)(=O)c2ccc(C)cc2)cc1. The van der Waals surface area contributed by atoms with E-state index in [9.17, 15) is 8.42 Å². The minimum atomic E-state index is -3.74. The molecule has 0 unspecified atom stereocenters. The Bertz CT molecular complexity index is 1390. The van der Waals surface area contributed by atoms with Gasteiger partial charge in [-0.1, -0.05) is 69.5 Å². The molecule has 1 aromatic heterocycles. The van der Waals surface area contributed by atoms with Gasteiger partial charge in [-0.3, -0.25) is 4.99 Å². The summed E-state index contributed by atoms with van der Waals surface area (Å²) in [5.41, 5.74) is 3.82. The molecule has 0 saturated heterocycles. The monoisotopic (exact) mass is 536 g/mol. The van der Waals surface area contributed by atoms with E-state index in [1.807, 2.05) is 62.4 Å². The van der Waals surface area contributed by atoms with E-state index >= 15 is 0 Å². The zero-order valence-electron chi connectivity index (χ0n) is 19.0. The Morgan fingerprint density at radius 1 is 0.882 bits per heavy atom. The third kappa shape index (κ3) is 6.11. The number of sulfonamides is 1. The van der Waals surface area contributed by atoms with Gasteiger partial charge >= 0.3 is 0 Å². The zero-order chi connectivity index (χ0) is 24.1. The number of nitrogens with zero attached hydrogens (tertiary/aromatic N) is 2. The Hall–Kier alpha value is -3.00. The summed E-state index contributed by atoms with van der Waals surface area (Å²) in [4.78, 5) is 4.69. The highest BCUT2D eigenvalue weighted by atomic mass is 79.9. The summed E-state index contributed by atoms with van der Waals surface area (Å²) >= 11 is 3.43. The van der Waals surface area contributed by atoms with Crippen LogP contribution in [0.25, 0.3) is 0 Å². The summed E-state index contributed by atoms with van der Waals surface area (Å²) in [5, 5.41) is 0. The van der Waals surface area contributed by atoms with Crippen LogP contribution in [0, 0.1) is 13.8 Å². The number of aryl methyl sites for hydroxylation is 2. The molecule has 7 heteroatoms. The highest BCUT2D eigenvalue weighted by molar-refractivity contribution is 9.10. The van der Waals surface area contributed by atoms with Crippen molar-refractivity contribution in [1.82, 2.24) is 4.31 Å². The second kappa shape index (κ2) is 10.5. The molecule has 4 aromatic rings. The van der Waals surface area contributed by atoms with Crippen LogP contribution < -0.4 is 0 Å². The number of halogens is 1. The van der Waals surface area contributed by atoms with E-state index in [1.165, 1.54) is 4.31 Å². The first-order valence-corrected chi connectivity index (χ1v) is 13.0. The van der Waals surface area contributed by atoms with Crippen molar-refractivity contribution in [1.29, 1.82) is 0 Å². The van der Waals surface area contributed by atoms with E-state index in [0.29, 0.717) is 11.5 Å². The molecule has 0 aliphatic heterocycles. The number of hydrogen-bond acceptors (Lipinski definition) is 4. The van der Waals surface area contributed by atoms with Crippen molar-refractivity contribution in [3.63, 3.8) is 0 Å². The molecule has 5 nitrogen and oxygen atoms in total. The molecule has 34 heavy (non-hydrogen) atoms. The lowest BCUT2D eigenvalue weighted by Crippen LogP contribution is -2.30. The molecule has 174 valence electrons. The Morgan fingerprint density at radius 2 is 1.56 bits per heavy atom. The molecule has 0 saturated carbocycles. The van der Waals surface area contributed by atoms with E-state index in [-0.39, 0.29) is 18.0 Å². The Labute approximate surface area is 209 Å². The Balaban J connectivity index is 1.59. The van der Waals surface area contributed by atoms with E-state index < -0.39 is 10.0 Å². The van der Waals surface area contributed by atoms with Crippen molar-refractivity contribution in [2.75, 3.05) is 0 Å². The predicted molar refractivity (Wildman–Crippen MR) is 139 cm³/mol. The molecule has 0 spiro atoms. The second-order valence-electron chi connectivity index (χ2n) is 8.11. The number of furan rings is 1. The molecule has 0 atom stereocenters. The smallest absolute Gasteiger partial charge is 0.243 e. The van der Waals surface area contributed by atoms with Gasteiger partial charge in [0.25, 0.3) is 0 Å². The molecular formula is C27H25BrN2O3S. The lowest BCUT2D eigenvalue weighted by molar-refractivity contribution is 0.357. The molecule has 0 aliphatic rings. The summed E-state index contributed by atoms with van der Waals surface area (Å²) in [6.45, 7) is 4.28. The molecule has 3 aromatic carbocycles. The van der Waals surface area contributed by atoms with E-state index in [4.69, 9.17) is 4.42 Å². The summed E-state index contributed by atoms with van der Waals surface area (Å²) in [6.07, 6.45) is 1.63. The van der Waals surface area contributed by atoms with Crippen molar-refractivity contribution in [2.24, 2.45) is 4.99 Å². The maximum atomic E-state index is 13.5. The van der Waals surface area contributed by atoms with Crippen molar-refractivity contribution in [2.45, 2.75) is 31.8 Å². The molecule has 0 radical (unpaired) electrons. The lowest BCUT2D eigenvalue weighted by atomic mass is 10.1. The van der Waals surface area contributed by atoms with Crippen LogP contribution in [0.1, 0.15) is 28.2 Å². The van der Waals surface area contributed by atoms with Crippen LogP contribution in [0.3, 0.4) is 0 Å². The molecule has 4 rings (SSSR count). The molecule has 0 N–H and O–H groups in total. The molecule has 0 bridgehead atoms. The topological polar surface area (TPSA) is 62.9 Å². The first kappa shape index (κ1) is 24.1. The minimum absolute atomic E-state index is 0.106. The van der Waals surface area contributed by atoms with Crippen LogP contribution in [-0.2, 0) is 23.1 Å². The molecule has 0 aliphatic carbocycles. The largest absolute Gasteiger partial charge is 0.459 e. The fourth-order valence-corrected chi connectivity index (χ4v) is 5.18. The van der Waals surface area contributed by atoms with Crippen molar-refractivity contribution >= 4 is 37.9 Å². The first-order valence-electron chi connectivity index (χ1n) is 10.8. The summed E-state index contributed by atoms with van der Waals surface area (Å²) in [7, 11) is -3.74. The first-order chi connectivity index (χ1) is 16.3. The molecular weight excluding hydrogens is 512 g/mol. The Morgan fingerprint density at radius 3 is 2.24 bits per heavy atom. The van der Waals surface area contributed by atoms with Crippen molar-refractivity contribution < 1.29 is 12.8 Å². The summed E-state index contributed by atoms with van der Waals surface area (Å²) in [5.74, 6) is 1.09. The van der Waals surface area contributed by atoms with Gasteiger partial charge in [-0.2, -0.15) is 4.31 Å². The summed E-state index contributed by atoms with van der Waals surface area (Å²) < 4.78 is 35.3. The predicted octanol–water partition coefficient (Wildman–Crippen LogP) is 6.80. The molecule has 1 heterocycles. The number of benzene rings is 3. The highest BCUT2D eigenvalue weighted by Crippen LogP contribution is 2.23. The number of aliphatic imine (C=N–C) groups is 1. The average Bonchev–Trinajstić information content (AvgIpc) is 3.26. The third-order valence-corrected chi connectivity index (χ3v) is 7.60. The van der Waals surface area contributed by atoms with Gasteiger partial charge in [0.05, 0.1) is 23.3 Å². The van der Waals surface area contributed by atoms with Crippen molar-refractivity contribution in [3.8, 4) is 0 Å². The quantitative estimate of drug-likeness (QED) is 0.232. The zero-order valence-corrected chi connectivity index (χ0v) is 21.4. The maximum absolute atomic E-state index is 13.5. The van der Waals surface area contributed by atoms with Gasteiger partial charge in [-0.15, -0.1) is 0 Å². The van der Waals surface area contributed by atoms with Gasteiger partial charge < -0.3 is 4.42 Å². The van der Waals surface area contributed by atoms with Crippen LogP contribution in [0.15, 0.2) is 104 Å². The van der Waals surface area contributed by atoms with E-state index in [2.05, 4.69) is 20.9 Å². The molecule has 0 amide bonds. The van der Waals surface area contributed by atoms with Crippen LogP contribution in [0.2, 0.25) is 0 Å². The summed E-state index contributed by atoms with van der Waals surface area (Å²) in [6, 6.07) is 26.0. The van der Waals surface area contributed by atoms with Gasteiger partial charge in [0.1, 0.15) is 11.5 Å². The standard InChI is InChI=1S/C27H25BrN2O3S/c1-20-6-10-22(11-7-20)18-30(34(31,32)27-14-8-21(2)9-15-27)19-26-13-12-25(33-26)17-29-24-5-3-4-23(28)16-24/h3-17H,18-19H2,1-2H3. The van der Waals surface area contributed by atoms with E-state index in [1.54, 1.807) is 42.6 Å². The fraction of sp³-hybridized carbons (Fsp3) is 0.148. The highest BCUT2D eigenvalue weighted by Gasteiger charge is 2.26. The average molecular weight is 537 g/mol. The third-order valence-electron chi connectivity index (χ3n) is 5.30. The second-order valence-corrected chi connectivity index (χ2v) is 11.0. The molecule has 0 fully saturated rings. The normalized spacial score (nSPS) is 12.0. The van der Waals surface area contributed by atoms with Crippen LogP contribution >= 0.6 is 15.9 Å². The van der Waals surface area contributed by atoms with Crippen molar-refractivity contribution in [3.05, 3.63) is 118 Å². The number of rotatable bonds is 8. The van der Waals surface area contributed by atoms with Crippen LogP contribution in [-0.4, -0.2) is 18.9 Å². The van der Waals surface area contributed by atoms with Crippen LogP contribution in [0.5, 0.6) is 0 Å². The fourth-order valence-electron chi connectivity index (χ4n) is 3.40.